The van der Waals surface area contributed by atoms with Crippen LogP contribution in [-0.2, 0) is 0 Å². The summed E-state index contributed by atoms with van der Waals surface area (Å²) in [5.74, 6) is 0. The highest BCUT2D eigenvalue weighted by molar-refractivity contribution is 6.12. The van der Waals surface area contributed by atoms with Crippen molar-refractivity contribution in [3.05, 3.63) is 224 Å². The van der Waals surface area contributed by atoms with E-state index in [1.54, 1.807) is 0 Å². The number of hydrogen-bond donors (Lipinski definition) is 0. The molecule has 12 aromatic rings. The molecule has 0 bridgehead atoms. The SMILES string of the molecule is C1=C(c2cc(-c3cccc(-n4c5ccccc5c5ccccc54)c3)nc(-c3cccc(-n4c5ccccc5c5ccccc54)c3)c2)C=C(n2c3ccccc3c3ccccc32)CC1. The lowest BCUT2D eigenvalue weighted by atomic mass is 9.94. The number of allylic oxidation sites excluding steroid dienone is 4. The second-order valence-corrected chi connectivity index (χ2v) is 16.7. The summed E-state index contributed by atoms with van der Waals surface area (Å²) in [7, 11) is 0. The summed E-state index contributed by atoms with van der Waals surface area (Å²) in [6.07, 6.45) is 6.72. The molecule has 0 spiro atoms. The number of benzene rings is 8. The second-order valence-electron chi connectivity index (χ2n) is 16.7. The third kappa shape index (κ3) is 5.65. The Balaban J connectivity index is 1.00. The molecule has 4 heteroatoms. The molecular weight excluding hydrogens is 765 g/mol. The molecule has 0 N–H and O–H groups in total. The number of pyridine rings is 1. The van der Waals surface area contributed by atoms with Gasteiger partial charge in [-0.25, -0.2) is 4.98 Å². The van der Waals surface area contributed by atoms with Crippen molar-refractivity contribution >= 4 is 76.7 Å². The van der Waals surface area contributed by atoms with Crippen molar-refractivity contribution in [3.63, 3.8) is 0 Å². The Morgan fingerprint density at radius 1 is 0.333 bits per heavy atom. The molecule has 0 atom stereocenters. The topological polar surface area (TPSA) is 27.7 Å². The van der Waals surface area contributed by atoms with Crippen LogP contribution in [0.25, 0.3) is 111 Å². The molecule has 0 amide bonds. The molecule has 13 rings (SSSR count). The van der Waals surface area contributed by atoms with Gasteiger partial charge >= 0.3 is 0 Å². The fraction of sp³-hybridized carbons (Fsp3) is 0.0339. The van der Waals surface area contributed by atoms with Crippen molar-refractivity contribution in [1.82, 2.24) is 18.7 Å². The minimum atomic E-state index is 0.936. The van der Waals surface area contributed by atoms with E-state index in [2.05, 4.69) is 232 Å². The number of hydrogen-bond acceptors (Lipinski definition) is 1. The van der Waals surface area contributed by atoms with Crippen LogP contribution in [0.4, 0.5) is 0 Å². The Hall–Kier alpha value is -8.21. The van der Waals surface area contributed by atoms with Gasteiger partial charge in [-0.2, -0.15) is 0 Å². The van der Waals surface area contributed by atoms with Crippen LogP contribution in [0.5, 0.6) is 0 Å². The van der Waals surface area contributed by atoms with Crippen molar-refractivity contribution in [1.29, 1.82) is 0 Å². The summed E-state index contributed by atoms with van der Waals surface area (Å²) in [5.41, 5.74) is 17.1. The van der Waals surface area contributed by atoms with Crippen LogP contribution < -0.4 is 0 Å². The molecular formula is C59H40N4. The van der Waals surface area contributed by atoms with Crippen molar-refractivity contribution in [2.24, 2.45) is 0 Å². The number of nitrogens with zero attached hydrogens (tertiary/aromatic N) is 4. The van der Waals surface area contributed by atoms with E-state index in [0.717, 1.165) is 52.3 Å². The second kappa shape index (κ2) is 14.2. The Kier molecular flexibility index (Phi) is 8.00. The average molecular weight is 805 g/mol. The summed E-state index contributed by atoms with van der Waals surface area (Å²) < 4.78 is 7.25. The smallest absolute Gasteiger partial charge is 0.0716 e. The van der Waals surface area contributed by atoms with Gasteiger partial charge in [0.05, 0.1) is 44.5 Å². The van der Waals surface area contributed by atoms with E-state index < -0.39 is 0 Å². The van der Waals surface area contributed by atoms with Gasteiger partial charge in [-0.05, 0) is 103 Å². The van der Waals surface area contributed by atoms with Gasteiger partial charge < -0.3 is 13.7 Å². The Bertz CT molecular complexity index is 3530. The fourth-order valence-corrected chi connectivity index (χ4v) is 10.3. The van der Waals surface area contributed by atoms with Gasteiger partial charge in [-0.3, -0.25) is 0 Å². The first-order valence-electron chi connectivity index (χ1n) is 21.8. The summed E-state index contributed by atoms with van der Waals surface area (Å²) in [5, 5.41) is 7.56. The van der Waals surface area contributed by atoms with E-state index in [1.165, 1.54) is 76.7 Å². The van der Waals surface area contributed by atoms with E-state index in [1.807, 2.05) is 0 Å². The Morgan fingerprint density at radius 3 is 1.10 bits per heavy atom. The van der Waals surface area contributed by atoms with E-state index in [0.29, 0.717) is 0 Å². The largest absolute Gasteiger partial charge is 0.313 e. The molecule has 0 unspecified atom stereocenters. The quantitative estimate of drug-likeness (QED) is 0.164. The van der Waals surface area contributed by atoms with Crippen LogP contribution in [-0.4, -0.2) is 18.7 Å². The first kappa shape index (κ1) is 35.5. The summed E-state index contributed by atoms with van der Waals surface area (Å²) in [4.78, 5) is 5.54. The molecule has 8 aromatic carbocycles. The van der Waals surface area contributed by atoms with Crippen LogP contribution >= 0.6 is 0 Å². The highest BCUT2D eigenvalue weighted by Crippen LogP contribution is 2.40. The van der Waals surface area contributed by atoms with Crippen LogP contribution in [0.2, 0.25) is 0 Å². The van der Waals surface area contributed by atoms with E-state index in [9.17, 15) is 0 Å². The lowest BCUT2D eigenvalue weighted by Crippen LogP contribution is -2.02. The molecule has 0 radical (unpaired) electrons. The predicted molar refractivity (Wildman–Crippen MR) is 265 cm³/mol. The first-order valence-corrected chi connectivity index (χ1v) is 21.8. The van der Waals surface area contributed by atoms with Gasteiger partial charge in [0.15, 0.2) is 0 Å². The normalized spacial score (nSPS) is 13.1. The standard InChI is InChI=1S/C59H40N4/c1-7-28-54-46(22-1)47-23-2-8-29-55(47)61(54)43-19-13-16-39(34-43)42-37-52(40-17-14-20-44(35-40)62-56-30-9-3-24-48(56)49-25-4-10-31-57(49)62)60-53(38-42)41-18-15-21-45(36-41)63-58-32-11-5-26-50(58)51-27-6-12-33-59(51)63/h1-12,14-18,20-38H,13,19H2. The molecule has 0 saturated heterocycles. The first-order chi connectivity index (χ1) is 31.2. The van der Waals surface area contributed by atoms with Crippen LogP contribution in [0.15, 0.2) is 218 Å². The minimum Gasteiger partial charge on any atom is -0.313 e. The number of para-hydroxylation sites is 6. The predicted octanol–water partition coefficient (Wildman–Crippen LogP) is 15.4. The van der Waals surface area contributed by atoms with Crippen LogP contribution in [0, 0.1) is 0 Å². The zero-order valence-corrected chi connectivity index (χ0v) is 34.5. The van der Waals surface area contributed by atoms with Crippen LogP contribution in [0.1, 0.15) is 18.4 Å². The van der Waals surface area contributed by atoms with Crippen molar-refractivity contribution in [3.8, 4) is 33.9 Å². The molecule has 1 aliphatic rings. The van der Waals surface area contributed by atoms with Gasteiger partial charge in [0.2, 0.25) is 0 Å². The lowest BCUT2D eigenvalue weighted by Gasteiger charge is -2.19. The minimum absolute atomic E-state index is 0.936. The van der Waals surface area contributed by atoms with Crippen molar-refractivity contribution < 1.29 is 0 Å². The third-order valence-corrected chi connectivity index (χ3v) is 13.1. The summed E-state index contributed by atoms with van der Waals surface area (Å²) in [6.45, 7) is 0. The van der Waals surface area contributed by atoms with Crippen molar-refractivity contribution in [2.45, 2.75) is 12.8 Å². The molecule has 296 valence electrons. The molecule has 63 heavy (non-hydrogen) atoms. The average Bonchev–Trinajstić information content (AvgIpc) is 4.00. The maximum absolute atomic E-state index is 5.54. The van der Waals surface area contributed by atoms with Crippen molar-refractivity contribution in [2.75, 3.05) is 0 Å². The molecule has 0 saturated carbocycles. The van der Waals surface area contributed by atoms with E-state index in [4.69, 9.17) is 4.98 Å². The molecule has 0 fully saturated rings. The molecule has 4 aromatic heterocycles. The van der Waals surface area contributed by atoms with E-state index >= 15 is 0 Å². The van der Waals surface area contributed by atoms with Gasteiger partial charge in [-0.1, -0.05) is 140 Å². The number of fused-ring (bicyclic) bond motifs is 9. The van der Waals surface area contributed by atoms with Gasteiger partial charge in [-0.15, -0.1) is 0 Å². The Labute approximate surface area is 364 Å². The number of rotatable bonds is 6. The summed E-state index contributed by atoms with van der Waals surface area (Å²) in [6, 6.07) is 74.8. The number of aromatic nitrogens is 4. The maximum Gasteiger partial charge on any atom is 0.0716 e. The monoisotopic (exact) mass is 804 g/mol. The summed E-state index contributed by atoms with van der Waals surface area (Å²) >= 11 is 0. The fourth-order valence-electron chi connectivity index (χ4n) is 10.3. The highest BCUT2D eigenvalue weighted by atomic mass is 15.0. The lowest BCUT2D eigenvalue weighted by molar-refractivity contribution is 0.982. The molecule has 1 aliphatic carbocycles. The van der Waals surface area contributed by atoms with Crippen LogP contribution in [0.3, 0.4) is 0 Å². The maximum atomic E-state index is 5.54. The zero-order valence-electron chi connectivity index (χ0n) is 34.5. The van der Waals surface area contributed by atoms with Gasteiger partial charge in [0.25, 0.3) is 0 Å². The van der Waals surface area contributed by atoms with Gasteiger partial charge in [0.1, 0.15) is 0 Å². The Morgan fingerprint density at radius 2 is 0.698 bits per heavy atom. The highest BCUT2D eigenvalue weighted by Gasteiger charge is 2.19. The van der Waals surface area contributed by atoms with E-state index in [-0.39, 0.29) is 0 Å². The zero-order chi connectivity index (χ0) is 41.4. The van der Waals surface area contributed by atoms with Gasteiger partial charge in [0, 0.05) is 60.5 Å². The molecule has 4 nitrogen and oxygen atoms in total. The molecule has 0 aliphatic heterocycles. The third-order valence-electron chi connectivity index (χ3n) is 13.1. The molecule has 4 heterocycles.